The zero-order valence-electron chi connectivity index (χ0n) is 12.4. The molecule has 2 nitrogen and oxygen atoms in total. The van der Waals surface area contributed by atoms with Crippen LogP contribution >= 0.6 is 0 Å². The first-order valence-corrected chi connectivity index (χ1v) is 6.66. The quantitative estimate of drug-likeness (QED) is 0.563. The molecule has 0 radical (unpaired) electrons. The first-order chi connectivity index (χ1) is 9.27. The van der Waals surface area contributed by atoms with Crippen LogP contribution in [0.15, 0.2) is 54.6 Å². The normalized spacial score (nSPS) is 25.0. The van der Waals surface area contributed by atoms with E-state index >= 15 is 0 Å². The van der Waals surface area contributed by atoms with Crippen molar-refractivity contribution in [3.05, 3.63) is 71.8 Å². The Morgan fingerprint density at radius 1 is 1.05 bits per heavy atom. The fourth-order valence-electron chi connectivity index (χ4n) is 2.63. The fraction of sp³-hybridized carbons (Fsp3) is 0.294. The molecule has 0 N–H and O–H groups in total. The summed E-state index contributed by atoms with van der Waals surface area (Å²) < 4.78 is 6.25. The topological polar surface area (TPSA) is 12.5 Å². The van der Waals surface area contributed by atoms with E-state index in [0.29, 0.717) is 6.04 Å². The summed E-state index contributed by atoms with van der Waals surface area (Å²) in [5.74, 6) is 0. The Morgan fingerprint density at radius 3 is 2.33 bits per heavy atom. The Kier molecular flexibility index (Phi) is 7.37. The molecule has 21 heavy (non-hydrogen) atoms. The summed E-state index contributed by atoms with van der Waals surface area (Å²) in [6, 6.07) is 22.1. The molecule has 3 rings (SSSR count). The number of ether oxygens (including phenoxy) is 1. The number of hydrogen-bond acceptors (Lipinski definition) is 2. The van der Waals surface area contributed by atoms with Crippen molar-refractivity contribution in [3.8, 4) is 0 Å². The standard InChI is InChI=1S/C17H18NO.BrH.Mg/c1-13-16(14-9-5-3-6-10-14)19-17(18(13)2)15-11-7-4-8-12-15;;/h3-11,13,16-17H,1-2H3;1H;/q-1;;+2/p-1/t13-,16+,17+;;/m1../s1. The van der Waals surface area contributed by atoms with Crippen LogP contribution in [0.3, 0.4) is 0 Å². The van der Waals surface area contributed by atoms with Gasteiger partial charge in [-0.15, -0.1) is 5.56 Å². The average Bonchev–Trinajstić information content (AvgIpc) is 2.77. The average molecular weight is 357 g/mol. The van der Waals surface area contributed by atoms with Crippen molar-refractivity contribution in [3.63, 3.8) is 0 Å². The third-order valence-corrected chi connectivity index (χ3v) is 3.85. The molecule has 0 saturated carbocycles. The number of hydrogen-bond donors (Lipinski definition) is 0. The van der Waals surface area contributed by atoms with Crippen molar-refractivity contribution in [2.45, 2.75) is 25.3 Å². The number of rotatable bonds is 2. The number of nitrogens with zero attached hydrogens (tertiary/aromatic N) is 1. The smallest absolute Gasteiger partial charge is 1.00 e. The largest absolute Gasteiger partial charge is 2.00 e. The third kappa shape index (κ3) is 3.87. The molecule has 3 atom stereocenters. The second kappa shape index (κ2) is 8.29. The van der Waals surface area contributed by atoms with Gasteiger partial charge in [0.15, 0.2) is 0 Å². The van der Waals surface area contributed by atoms with Crippen molar-refractivity contribution in [2.75, 3.05) is 7.05 Å². The third-order valence-electron chi connectivity index (χ3n) is 3.85. The van der Waals surface area contributed by atoms with Gasteiger partial charge >= 0.3 is 23.1 Å². The van der Waals surface area contributed by atoms with E-state index in [1.807, 2.05) is 24.3 Å². The van der Waals surface area contributed by atoms with Crippen LogP contribution in [0.5, 0.6) is 0 Å². The Bertz CT molecular complexity index is 488. The molecule has 1 fully saturated rings. The van der Waals surface area contributed by atoms with E-state index in [1.165, 1.54) is 5.56 Å². The first-order valence-electron chi connectivity index (χ1n) is 6.66. The van der Waals surface area contributed by atoms with Gasteiger partial charge in [0, 0.05) is 6.04 Å². The van der Waals surface area contributed by atoms with E-state index in [-0.39, 0.29) is 52.4 Å². The van der Waals surface area contributed by atoms with Crippen LogP contribution in [-0.2, 0) is 4.74 Å². The van der Waals surface area contributed by atoms with Gasteiger partial charge in [-0.05, 0) is 19.5 Å². The molecule has 1 saturated heterocycles. The summed E-state index contributed by atoms with van der Waals surface area (Å²) in [6.45, 7) is 2.21. The van der Waals surface area contributed by atoms with Crippen LogP contribution in [0.25, 0.3) is 0 Å². The first kappa shape index (κ1) is 18.7. The Balaban J connectivity index is 0.00000110. The van der Waals surface area contributed by atoms with Gasteiger partial charge in [-0.2, -0.15) is 30.3 Å². The van der Waals surface area contributed by atoms with Crippen molar-refractivity contribution in [1.29, 1.82) is 0 Å². The summed E-state index contributed by atoms with van der Waals surface area (Å²) in [5.41, 5.74) is 2.33. The molecule has 0 aromatic heterocycles. The molecular weight excluding hydrogens is 338 g/mol. The summed E-state index contributed by atoms with van der Waals surface area (Å²) in [4.78, 5) is 2.27. The zero-order chi connectivity index (χ0) is 13.2. The Morgan fingerprint density at radius 2 is 1.71 bits per heavy atom. The fourth-order valence-corrected chi connectivity index (χ4v) is 2.63. The van der Waals surface area contributed by atoms with Crippen LogP contribution in [-0.4, -0.2) is 41.0 Å². The number of likely N-dealkylation sites (N-methyl/N-ethyl adjacent to an activating group) is 1. The second-order valence-electron chi connectivity index (χ2n) is 5.04. The van der Waals surface area contributed by atoms with Crippen molar-refractivity contribution < 1.29 is 21.7 Å². The molecule has 106 valence electrons. The van der Waals surface area contributed by atoms with Gasteiger partial charge in [-0.3, -0.25) is 4.90 Å². The van der Waals surface area contributed by atoms with E-state index in [2.05, 4.69) is 55.3 Å². The molecule has 1 heterocycles. The maximum atomic E-state index is 6.25. The predicted molar refractivity (Wildman–Crippen MR) is 81.3 cm³/mol. The minimum absolute atomic E-state index is 0. The van der Waals surface area contributed by atoms with Gasteiger partial charge in [0.25, 0.3) is 0 Å². The molecule has 2 aromatic carbocycles. The summed E-state index contributed by atoms with van der Waals surface area (Å²) in [5, 5.41) is 0. The van der Waals surface area contributed by atoms with E-state index in [9.17, 15) is 0 Å². The zero-order valence-corrected chi connectivity index (χ0v) is 15.4. The van der Waals surface area contributed by atoms with Gasteiger partial charge in [-0.1, -0.05) is 30.3 Å². The summed E-state index contributed by atoms with van der Waals surface area (Å²) >= 11 is 0. The molecule has 1 aliphatic heterocycles. The monoisotopic (exact) mass is 355 g/mol. The molecular formula is C17H18BrMgNO. The van der Waals surface area contributed by atoms with Crippen molar-refractivity contribution >= 4 is 23.1 Å². The van der Waals surface area contributed by atoms with E-state index in [4.69, 9.17) is 4.74 Å². The van der Waals surface area contributed by atoms with E-state index in [1.54, 1.807) is 0 Å². The van der Waals surface area contributed by atoms with E-state index in [0.717, 1.165) is 5.56 Å². The van der Waals surface area contributed by atoms with Crippen LogP contribution in [0.2, 0.25) is 0 Å². The van der Waals surface area contributed by atoms with E-state index < -0.39 is 0 Å². The predicted octanol–water partition coefficient (Wildman–Crippen LogP) is 0.200. The van der Waals surface area contributed by atoms with Gasteiger partial charge in [0.2, 0.25) is 0 Å². The van der Waals surface area contributed by atoms with Crippen LogP contribution in [0, 0.1) is 6.07 Å². The molecule has 0 bridgehead atoms. The second-order valence-corrected chi connectivity index (χ2v) is 5.04. The molecule has 1 aliphatic rings. The van der Waals surface area contributed by atoms with Crippen LogP contribution in [0.4, 0.5) is 0 Å². The SMILES string of the molecule is C[C@@H]1[C@@H](c2ccccc2)O[C@@H](c2[c-]cccc2)N1C.[Br-].[Mg+2]. The van der Waals surface area contributed by atoms with Gasteiger partial charge in [-0.25, -0.2) is 0 Å². The van der Waals surface area contributed by atoms with Crippen molar-refractivity contribution in [2.24, 2.45) is 0 Å². The van der Waals surface area contributed by atoms with Crippen molar-refractivity contribution in [1.82, 2.24) is 4.90 Å². The van der Waals surface area contributed by atoms with Gasteiger partial charge in [0.1, 0.15) is 12.3 Å². The minimum Gasteiger partial charge on any atom is -1.00 e. The molecule has 0 spiro atoms. The number of benzene rings is 2. The number of halogens is 1. The molecule has 0 amide bonds. The maximum absolute atomic E-state index is 6.25. The van der Waals surface area contributed by atoms with Crippen LogP contribution < -0.4 is 17.0 Å². The molecule has 4 heteroatoms. The molecule has 0 aliphatic carbocycles. The minimum atomic E-state index is -0.0126. The van der Waals surface area contributed by atoms with Gasteiger partial charge < -0.3 is 21.7 Å². The Labute approximate surface area is 153 Å². The molecule has 0 unspecified atom stereocenters. The Hall–Kier alpha value is -0.394. The summed E-state index contributed by atoms with van der Waals surface area (Å²) in [6.07, 6.45) is 0.103. The maximum Gasteiger partial charge on any atom is 2.00 e. The van der Waals surface area contributed by atoms with Crippen LogP contribution in [0.1, 0.15) is 30.4 Å². The molecule has 2 aromatic rings. The van der Waals surface area contributed by atoms with Gasteiger partial charge in [0.05, 0.1) is 0 Å². The summed E-state index contributed by atoms with van der Waals surface area (Å²) in [7, 11) is 2.11.